The minimum Gasteiger partial charge on any atom is -0.353 e. The van der Waals surface area contributed by atoms with Crippen molar-refractivity contribution in [1.29, 1.82) is 0 Å². The van der Waals surface area contributed by atoms with E-state index in [1.54, 1.807) is 11.8 Å². The van der Waals surface area contributed by atoms with Crippen molar-refractivity contribution < 1.29 is 8.42 Å². The summed E-state index contributed by atoms with van der Waals surface area (Å²) < 4.78 is 24.0. The van der Waals surface area contributed by atoms with Gasteiger partial charge in [-0.25, -0.2) is 8.42 Å². The molecule has 1 aliphatic heterocycles. The Morgan fingerprint density at radius 3 is 2.90 bits per heavy atom. The number of thioether (sulfide) groups is 1. The number of nitrogens with zero attached hydrogens (tertiary/aromatic N) is 1. The van der Waals surface area contributed by atoms with Crippen LogP contribution in [0.3, 0.4) is 0 Å². The highest BCUT2D eigenvalue weighted by Gasteiger charge is 2.32. The molecule has 1 aromatic rings. The van der Waals surface area contributed by atoms with E-state index >= 15 is 0 Å². The van der Waals surface area contributed by atoms with E-state index in [2.05, 4.69) is 5.32 Å². The van der Waals surface area contributed by atoms with Gasteiger partial charge < -0.3 is 10.2 Å². The summed E-state index contributed by atoms with van der Waals surface area (Å²) >= 11 is 7.74. The van der Waals surface area contributed by atoms with Crippen LogP contribution in [0.4, 0.5) is 5.69 Å². The second-order valence-corrected chi connectivity index (χ2v) is 8.65. The van der Waals surface area contributed by atoms with Crippen LogP contribution in [-0.4, -0.2) is 45.1 Å². The topological polar surface area (TPSA) is 49.4 Å². The fraction of sp³-hybridized carbons (Fsp3) is 0.538. The molecule has 7 heteroatoms. The quantitative estimate of drug-likeness (QED) is 0.912. The lowest BCUT2D eigenvalue weighted by Crippen LogP contribution is -2.47. The Bertz CT molecular complexity index is 578. The Hall–Kier alpha value is -0.430. The molecule has 1 fully saturated rings. The molecule has 1 unspecified atom stereocenters. The number of rotatable bonds is 4. The molecule has 1 aliphatic rings. The predicted molar refractivity (Wildman–Crippen MR) is 87.5 cm³/mol. The zero-order valence-electron chi connectivity index (χ0n) is 11.6. The minimum atomic E-state index is -3.11. The molecule has 1 atom stereocenters. The van der Waals surface area contributed by atoms with Crippen molar-refractivity contribution in [3.8, 4) is 0 Å². The van der Waals surface area contributed by atoms with E-state index in [0.717, 1.165) is 23.5 Å². The van der Waals surface area contributed by atoms with Gasteiger partial charge in [0.25, 0.3) is 0 Å². The average molecular weight is 335 g/mol. The first-order valence-corrected chi connectivity index (χ1v) is 9.88. The van der Waals surface area contributed by atoms with E-state index in [-0.39, 0.29) is 0 Å². The molecule has 4 nitrogen and oxygen atoms in total. The minimum absolute atomic E-state index is 0.460. The standard InChI is InChI=1S/C13H19ClN2O2S2/c1-15-8-10-7-11(14)3-4-12(10)16-5-6-19-9-13(16)20(2,17)18/h3-4,7,13,15H,5-6,8-9H2,1-2H3. The Kier molecular flexibility index (Phi) is 5.23. The lowest BCUT2D eigenvalue weighted by Gasteiger charge is -2.37. The van der Waals surface area contributed by atoms with Gasteiger partial charge in [0.05, 0.1) is 0 Å². The van der Waals surface area contributed by atoms with Crippen LogP contribution in [0.2, 0.25) is 5.02 Å². The van der Waals surface area contributed by atoms with Crippen LogP contribution in [0.5, 0.6) is 0 Å². The normalized spacial score (nSPS) is 20.1. The first-order valence-electron chi connectivity index (χ1n) is 6.40. The van der Waals surface area contributed by atoms with Crippen LogP contribution in [0.25, 0.3) is 0 Å². The Balaban J connectivity index is 2.42. The molecular weight excluding hydrogens is 316 g/mol. The highest BCUT2D eigenvalue weighted by molar-refractivity contribution is 8.01. The number of benzene rings is 1. The van der Waals surface area contributed by atoms with E-state index in [0.29, 0.717) is 17.3 Å². The number of sulfone groups is 1. The van der Waals surface area contributed by atoms with Gasteiger partial charge in [-0.3, -0.25) is 0 Å². The molecule has 0 radical (unpaired) electrons. The van der Waals surface area contributed by atoms with E-state index in [4.69, 9.17) is 11.6 Å². The smallest absolute Gasteiger partial charge is 0.169 e. The Labute approximate surface area is 129 Å². The van der Waals surface area contributed by atoms with Crippen LogP contribution >= 0.6 is 23.4 Å². The Morgan fingerprint density at radius 1 is 1.50 bits per heavy atom. The van der Waals surface area contributed by atoms with Gasteiger partial charge in [-0.05, 0) is 30.8 Å². The van der Waals surface area contributed by atoms with Crippen molar-refractivity contribution in [2.75, 3.05) is 36.3 Å². The summed E-state index contributed by atoms with van der Waals surface area (Å²) in [5.74, 6) is 1.55. The molecule has 1 heterocycles. The van der Waals surface area contributed by atoms with E-state index in [1.165, 1.54) is 6.26 Å². The van der Waals surface area contributed by atoms with Gasteiger partial charge in [0.1, 0.15) is 5.37 Å². The highest BCUT2D eigenvalue weighted by atomic mass is 35.5. The third-order valence-electron chi connectivity index (χ3n) is 3.30. The summed E-state index contributed by atoms with van der Waals surface area (Å²) in [6.07, 6.45) is 1.31. The van der Waals surface area contributed by atoms with Crippen LogP contribution in [0.15, 0.2) is 18.2 Å². The second kappa shape index (κ2) is 6.56. The van der Waals surface area contributed by atoms with Crippen molar-refractivity contribution in [2.24, 2.45) is 0 Å². The predicted octanol–water partition coefficient (Wildman–Crippen LogP) is 1.98. The second-order valence-electron chi connectivity index (χ2n) is 4.86. The molecule has 1 N–H and O–H groups in total. The van der Waals surface area contributed by atoms with Gasteiger partial charge in [0.15, 0.2) is 9.84 Å². The van der Waals surface area contributed by atoms with E-state index in [1.807, 2.05) is 30.1 Å². The van der Waals surface area contributed by atoms with Gasteiger partial charge in [0.2, 0.25) is 0 Å². The molecule has 0 saturated carbocycles. The van der Waals surface area contributed by atoms with Gasteiger partial charge in [-0.1, -0.05) is 11.6 Å². The first-order chi connectivity index (χ1) is 9.43. The zero-order chi connectivity index (χ0) is 14.8. The molecule has 0 aliphatic carbocycles. The summed E-state index contributed by atoms with van der Waals surface area (Å²) in [6.45, 7) is 1.40. The van der Waals surface area contributed by atoms with Crippen LogP contribution in [-0.2, 0) is 16.4 Å². The fourth-order valence-corrected chi connectivity index (χ4v) is 5.41. The highest BCUT2D eigenvalue weighted by Crippen LogP contribution is 2.31. The summed E-state index contributed by atoms with van der Waals surface area (Å²) in [4.78, 5) is 1.99. The molecule has 0 aromatic heterocycles. The van der Waals surface area contributed by atoms with E-state index < -0.39 is 15.2 Å². The third kappa shape index (κ3) is 3.61. The monoisotopic (exact) mass is 334 g/mol. The summed E-state index contributed by atoms with van der Waals surface area (Å²) in [7, 11) is -1.25. The molecule has 1 aromatic carbocycles. The van der Waals surface area contributed by atoms with Crippen LogP contribution in [0.1, 0.15) is 5.56 Å². The van der Waals surface area contributed by atoms with Crippen molar-refractivity contribution in [3.05, 3.63) is 28.8 Å². The van der Waals surface area contributed by atoms with Gasteiger partial charge in [-0.2, -0.15) is 11.8 Å². The zero-order valence-corrected chi connectivity index (χ0v) is 14.0. The molecule has 0 spiro atoms. The Morgan fingerprint density at radius 2 is 2.25 bits per heavy atom. The number of hydrogen-bond acceptors (Lipinski definition) is 5. The van der Waals surface area contributed by atoms with E-state index in [9.17, 15) is 8.42 Å². The van der Waals surface area contributed by atoms with Crippen LogP contribution < -0.4 is 10.2 Å². The molecule has 1 saturated heterocycles. The van der Waals surface area contributed by atoms with Crippen molar-refractivity contribution in [3.63, 3.8) is 0 Å². The molecule has 0 amide bonds. The number of hydrogen-bond donors (Lipinski definition) is 1. The maximum atomic E-state index is 12.0. The van der Waals surface area contributed by atoms with Gasteiger partial charge >= 0.3 is 0 Å². The first kappa shape index (κ1) is 15.9. The van der Waals surface area contributed by atoms with Gasteiger partial charge in [0, 0.05) is 41.6 Å². The number of anilines is 1. The lowest BCUT2D eigenvalue weighted by molar-refractivity contribution is 0.584. The molecule has 112 valence electrons. The summed E-state index contributed by atoms with van der Waals surface area (Å²) in [5, 5.41) is 3.31. The largest absolute Gasteiger partial charge is 0.353 e. The summed E-state index contributed by atoms with van der Waals surface area (Å²) in [5.41, 5.74) is 1.99. The molecule has 0 bridgehead atoms. The number of halogens is 1. The molecular formula is C13H19ClN2O2S2. The molecule has 20 heavy (non-hydrogen) atoms. The maximum Gasteiger partial charge on any atom is 0.169 e. The van der Waals surface area contributed by atoms with Crippen molar-refractivity contribution >= 4 is 38.9 Å². The lowest BCUT2D eigenvalue weighted by atomic mass is 10.1. The average Bonchev–Trinajstić information content (AvgIpc) is 2.38. The number of nitrogens with one attached hydrogen (secondary N) is 1. The molecule has 2 rings (SSSR count). The van der Waals surface area contributed by atoms with Crippen molar-refractivity contribution in [2.45, 2.75) is 11.9 Å². The third-order valence-corrected chi connectivity index (χ3v) is 6.18. The van der Waals surface area contributed by atoms with Gasteiger partial charge in [-0.15, -0.1) is 0 Å². The summed E-state index contributed by atoms with van der Waals surface area (Å²) in [6, 6.07) is 5.63. The maximum absolute atomic E-state index is 12.0. The SMILES string of the molecule is CNCc1cc(Cl)ccc1N1CCSCC1S(C)(=O)=O. The fourth-order valence-electron chi connectivity index (χ4n) is 2.38. The van der Waals surface area contributed by atoms with Crippen LogP contribution in [0, 0.1) is 0 Å². The van der Waals surface area contributed by atoms with Crippen molar-refractivity contribution in [1.82, 2.24) is 5.32 Å².